The molecule has 0 saturated carbocycles. The highest BCUT2D eigenvalue weighted by molar-refractivity contribution is 5.80. The smallest absolute Gasteiger partial charge is 0.193 e. The maximum Gasteiger partial charge on any atom is 0.193 e. The van der Waals surface area contributed by atoms with Crippen molar-refractivity contribution in [2.45, 2.75) is 26.3 Å². The van der Waals surface area contributed by atoms with Crippen LogP contribution >= 0.6 is 0 Å². The molecule has 2 fully saturated rings. The number of guanidine groups is 1. The van der Waals surface area contributed by atoms with Gasteiger partial charge >= 0.3 is 0 Å². The second-order valence-corrected chi connectivity index (χ2v) is 6.30. The van der Waals surface area contributed by atoms with E-state index in [4.69, 9.17) is 4.74 Å². The standard InChI is InChI=1S/C17H25N3O/c1-14-5-3-4-6-15(14)11-19-16(18-2)20-9-7-17(12-20)8-10-21-13-17/h3-6H,7-13H2,1-2H3,(H,18,19). The minimum absolute atomic E-state index is 0.375. The van der Waals surface area contributed by atoms with Crippen LogP contribution < -0.4 is 5.32 Å². The van der Waals surface area contributed by atoms with Crippen molar-refractivity contribution in [2.24, 2.45) is 10.4 Å². The van der Waals surface area contributed by atoms with Crippen molar-refractivity contribution in [3.8, 4) is 0 Å². The van der Waals surface area contributed by atoms with Gasteiger partial charge in [-0.25, -0.2) is 0 Å². The van der Waals surface area contributed by atoms with E-state index >= 15 is 0 Å². The zero-order valence-corrected chi connectivity index (χ0v) is 13.1. The number of nitrogens with one attached hydrogen (secondary N) is 1. The van der Waals surface area contributed by atoms with Crippen molar-refractivity contribution < 1.29 is 4.74 Å². The average molecular weight is 287 g/mol. The highest BCUT2D eigenvalue weighted by Crippen LogP contribution is 2.38. The minimum atomic E-state index is 0.375. The fourth-order valence-electron chi connectivity index (χ4n) is 3.40. The van der Waals surface area contributed by atoms with Crippen molar-refractivity contribution in [2.75, 3.05) is 33.4 Å². The Bertz CT molecular complexity index is 521. The van der Waals surface area contributed by atoms with Crippen molar-refractivity contribution in [3.05, 3.63) is 35.4 Å². The fraction of sp³-hybridized carbons (Fsp3) is 0.588. The van der Waals surface area contributed by atoms with E-state index in [9.17, 15) is 0 Å². The summed E-state index contributed by atoms with van der Waals surface area (Å²) in [6.07, 6.45) is 2.41. The molecule has 0 bridgehead atoms. The molecule has 2 aliphatic rings. The third-order valence-corrected chi connectivity index (χ3v) is 4.83. The number of nitrogens with zero attached hydrogens (tertiary/aromatic N) is 2. The quantitative estimate of drug-likeness (QED) is 0.669. The van der Waals surface area contributed by atoms with Crippen LogP contribution in [0, 0.1) is 12.3 Å². The maximum absolute atomic E-state index is 5.60. The molecule has 21 heavy (non-hydrogen) atoms. The second-order valence-electron chi connectivity index (χ2n) is 6.30. The second kappa shape index (κ2) is 6.06. The van der Waals surface area contributed by atoms with Gasteiger partial charge in [-0.15, -0.1) is 0 Å². The van der Waals surface area contributed by atoms with Gasteiger partial charge in [0.05, 0.1) is 6.61 Å². The van der Waals surface area contributed by atoms with Crippen LogP contribution in [0.5, 0.6) is 0 Å². The average Bonchev–Trinajstić information content (AvgIpc) is 3.12. The summed E-state index contributed by atoms with van der Waals surface area (Å²) in [4.78, 5) is 6.84. The molecule has 1 atom stereocenters. The highest BCUT2D eigenvalue weighted by Gasteiger charge is 2.42. The lowest BCUT2D eigenvalue weighted by molar-refractivity contribution is 0.156. The molecular formula is C17H25N3O. The van der Waals surface area contributed by atoms with E-state index in [1.165, 1.54) is 24.0 Å². The molecule has 0 radical (unpaired) electrons. The van der Waals surface area contributed by atoms with Crippen LogP contribution in [0.4, 0.5) is 0 Å². The first kappa shape index (κ1) is 14.4. The summed E-state index contributed by atoms with van der Waals surface area (Å²) in [5, 5.41) is 3.51. The molecule has 0 aromatic heterocycles. The normalized spacial score (nSPS) is 25.8. The molecule has 2 aliphatic heterocycles. The zero-order valence-electron chi connectivity index (χ0n) is 13.1. The van der Waals surface area contributed by atoms with Crippen LogP contribution in [0.3, 0.4) is 0 Å². The van der Waals surface area contributed by atoms with Gasteiger partial charge in [0.25, 0.3) is 0 Å². The van der Waals surface area contributed by atoms with Gasteiger partial charge < -0.3 is 15.0 Å². The van der Waals surface area contributed by atoms with E-state index in [0.717, 1.165) is 38.8 Å². The molecular weight excluding hydrogens is 262 g/mol. The van der Waals surface area contributed by atoms with Gasteiger partial charge in [0.1, 0.15) is 0 Å². The van der Waals surface area contributed by atoms with Gasteiger partial charge in [-0.05, 0) is 30.9 Å². The molecule has 0 aliphatic carbocycles. The lowest BCUT2D eigenvalue weighted by atomic mass is 9.87. The van der Waals surface area contributed by atoms with Gasteiger partial charge in [0.15, 0.2) is 5.96 Å². The Hall–Kier alpha value is -1.55. The maximum atomic E-state index is 5.60. The van der Waals surface area contributed by atoms with E-state index in [2.05, 4.69) is 46.4 Å². The molecule has 1 N–H and O–H groups in total. The van der Waals surface area contributed by atoms with Crippen LogP contribution in [0.15, 0.2) is 29.3 Å². The number of aliphatic imine (C=N–C) groups is 1. The lowest BCUT2D eigenvalue weighted by Crippen LogP contribution is -2.41. The first-order chi connectivity index (χ1) is 10.2. The Balaban J connectivity index is 1.60. The van der Waals surface area contributed by atoms with Gasteiger partial charge in [-0.3, -0.25) is 4.99 Å². The van der Waals surface area contributed by atoms with Gasteiger partial charge in [-0.2, -0.15) is 0 Å². The van der Waals surface area contributed by atoms with Crippen LogP contribution in [-0.2, 0) is 11.3 Å². The van der Waals surface area contributed by atoms with E-state index < -0.39 is 0 Å². The number of ether oxygens (including phenoxy) is 1. The molecule has 1 unspecified atom stereocenters. The topological polar surface area (TPSA) is 36.9 Å². The first-order valence-electron chi connectivity index (χ1n) is 7.80. The Morgan fingerprint density at radius 2 is 2.24 bits per heavy atom. The van der Waals surface area contributed by atoms with Crippen molar-refractivity contribution in [1.29, 1.82) is 0 Å². The number of hydrogen-bond acceptors (Lipinski definition) is 2. The predicted molar refractivity (Wildman–Crippen MR) is 85.4 cm³/mol. The molecule has 0 amide bonds. The number of hydrogen-bond donors (Lipinski definition) is 1. The van der Waals surface area contributed by atoms with Gasteiger partial charge in [0.2, 0.25) is 0 Å². The van der Waals surface area contributed by atoms with Crippen LogP contribution in [0.2, 0.25) is 0 Å². The molecule has 1 spiro atoms. The number of rotatable bonds is 2. The van der Waals surface area contributed by atoms with Crippen LogP contribution in [0.25, 0.3) is 0 Å². The van der Waals surface area contributed by atoms with E-state index in [0.29, 0.717) is 5.41 Å². The lowest BCUT2D eigenvalue weighted by Gasteiger charge is -2.25. The van der Waals surface area contributed by atoms with Crippen molar-refractivity contribution >= 4 is 5.96 Å². The number of aryl methyl sites for hydroxylation is 1. The van der Waals surface area contributed by atoms with Gasteiger partial charge in [0, 0.05) is 38.7 Å². The molecule has 2 saturated heterocycles. The summed E-state index contributed by atoms with van der Waals surface area (Å²) in [7, 11) is 1.87. The van der Waals surface area contributed by atoms with E-state index in [-0.39, 0.29) is 0 Å². The third-order valence-electron chi connectivity index (χ3n) is 4.83. The van der Waals surface area contributed by atoms with E-state index in [1.54, 1.807) is 0 Å². The molecule has 4 nitrogen and oxygen atoms in total. The van der Waals surface area contributed by atoms with Crippen molar-refractivity contribution in [3.63, 3.8) is 0 Å². The summed E-state index contributed by atoms with van der Waals surface area (Å²) in [6, 6.07) is 8.50. The number of benzene rings is 1. The Kier molecular flexibility index (Phi) is 4.15. The summed E-state index contributed by atoms with van der Waals surface area (Å²) in [6.45, 7) is 6.97. The fourth-order valence-corrected chi connectivity index (χ4v) is 3.40. The van der Waals surface area contributed by atoms with Crippen LogP contribution in [-0.4, -0.2) is 44.2 Å². The summed E-state index contributed by atoms with van der Waals surface area (Å²) in [5.41, 5.74) is 3.03. The van der Waals surface area contributed by atoms with Gasteiger partial charge in [-0.1, -0.05) is 24.3 Å². The summed E-state index contributed by atoms with van der Waals surface area (Å²) < 4.78 is 5.60. The van der Waals surface area contributed by atoms with Crippen molar-refractivity contribution in [1.82, 2.24) is 10.2 Å². The zero-order chi connectivity index (χ0) is 14.7. The molecule has 1 aromatic carbocycles. The molecule has 4 heteroatoms. The summed E-state index contributed by atoms with van der Waals surface area (Å²) in [5.74, 6) is 1.02. The SMILES string of the molecule is CN=C(NCc1ccccc1C)N1CCC2(CCOC2)C1. The molecule has 2 heterocycles. The molecule has 114 valence electrons. The Morgan fingerprint density at radius 1 is 1.38 bits per heavy atom. The largest absolute Gasteiger partial charge is 0.381 e. The third kappa shape index (κ3) is 3.05. The Labute approximate surface area is 127 Å². The molecule has 3 rings (SSSR count). The first-order valence-corrected chi connectivity index (χ1v) is 7.80. The Morgan fingerprint density at radius 3 is 2.95 bits per heavy atom. The predicted octanol–water partition coefficient (Wildman–Crippen LogP) is 2.18. The monoisotopic (exact) mass is 287 g/mol. The highest BCUT2D eigenvalue weighted by atomic mass is 16.5. The van der Waals surface area contributed by atoms with E-state index in [1.807, 2.05) is 7.05 Å². The summed E-state index contributed by atoms with van der Waals surface area (Å²) >= 11 is 0. The van der Waals surface area contributed by atoms with Crippen LogP contribution in [0.1, 0.15) is 24.0 Å². The minimum Gasteiger partial charge on any atom is -0.381 e. The number of likely N-dealkylation sites (tertiary alicyclic amines) is 1. The molecule has 1 aromatic rings.